The number of piperazine rings is 1. The molecule has 1 unspecified atom stereocenters. The van der Waals surface area contributed by atoms with Crippen LogP contribution >= 0.6 is 11.8 Å². The first-order valence-electron chi connectivity index (χ1n) is 9.26. The second-order valence-electron chi connectivity index (χ2n) is 6.77. The van der Waals surface area contributed by atoms with Gasteiger partial charge in [-0.25, -0.2) is 12.8 Å². The maximum atomic E-state index is 13.9. The van der Waals surface area contributed by atoms with Crippen molar-refractivity contribution >= 4 is 33.4 Å². The third-order valence-electron chi connectivity index (χ3n) is 4.99. The van der Waals surface area contributed by atoms with Crippen molar-refractivity contribution in [2.45, 2.75) is 22.8 Å². The summed E-state index contributed by atoms with van der Waals surface area (Å²) in [5.41, 5.74) is 0.731. The van der Waals surface area contributed by atoms with Crippen LogP contribution in [0, 0.1) is 5.82 Å². The van der Waals surface area contributed by atoms with E-state index in [1.165, 1.54) is 22.5 Å². The van der Waals surface area contributed by atoms with Gasteiger partial charge in [0.15, 0.2) is 0 Å². The summed E-state index contributed by atoms with van der Waals surface area (Å²) in [4.78, 5) is 15.3. The van der Waals surface area contributed by atoms with Crippen LogP contribution in [-0.4, -0.2) is 62.0 Å². The van der Waals surface area contributed by atoms with E-state index in [1.54, 1.807) is 18.7 Å². The summed E-state index contributed by atoms with van der Waals surface area (Å²) >= 11 is 1.60. The number of nitrogens with zero attached hydrogens (tertiary/aromatic N) is 2. The van der Waals surface area contributed by atoms with Crippen LogP contribution in [-0.2, 0) is 14.8 Å². The van der Waals surface area contributed by atoms with Crippen LogP contribution in [0.1, 0.15) is 6.92 Å². The molecule has 1 aliphatic rings. The summed E-state index contributed by atoms with van der Waals surface area (Å²) in [6, 6.07) is 12.6. The third-order valence-corrected chi connectivity index (χ3v) is 7.65. The molecule has 0 aliphatic carbocycles. The van der Waals surface area contributed by atoms with E-state index < -0.39 is 21.9 Å². The molecule has 0 radical (unpaired) electrons. The molecule has 0 saturated carbocycles. The third kappa shape index (κ3) is 4.98. The van der Waals surface area contributed by atoms with Crippen molar-refractivity contribution in [3.05, 3.63) is 54.3 Å². The number of carbonyl (C=O) groups excluding carboxylic acids is 1. The standard InChI is InChI=1S/C20H24FN3O3S2/c1-15(20(25)22-16-6-5-7-17(14-16)28-2)23-10-12-24(13-11-23)29(26,27)19-9-4-3-8-18(19)21/h3-9,14-15H,10-13H2,1-2H3,(H,22,25). The molecule has 0 bridgehead atoms. The van der Waals surface area contributed by atoms with Crippen LogP contribution in [0.3, 0.4) is 0 Å². The number of halogens is 1. The summed E-state index contributed by atoms with van der Waals surface area (Å²) in [7, 11) is -3.89. The van der Waals surface area contributed by atoms with Gasteiger partial charge in [-0.05, 0) is 43.5 Å². The summed E-state index contributed by atoms with van der Waals surface area (Å²) < 4.78 is 40.6. The quantitative estimate of drug-likeness (QED) is 0.704. The molecule has 1 N–H and O–H groups in total. The lowest BCUT2D eigenvalue weighted by Gasteiger charge is -2.36. The molecular formula is C20H24FN3O3S2. The van der Waals surface area contributed by atoms with Gasteiger partial charge in [-0.1, -0.05) is 18.2 Å². The molecule has 156 valence electrons. The average molecular weight is 438 g/mol. The number of anilines is 1. The summed E-state index contributed by atoms with van der Waals surface area (Å²) in [5.74, 6) is -0.899. The first-order chi connectivity index (χ1) is 13.8. The Bertz CT molecular complexity index is 976. The fourth-order valence-corrected chi connectivity index (χ4v) is 5.18. The van der Waals surface area contributed by atoms with E-state index in [4.69, 9.17) is 0 Å². The Morgan fingerprint density at radius 2 is 1.79 bits per heavy atom. The van der Waals surface area contributed by atoms with Gasteiger partial charge >= 0.3 is 0 Å². The average Bonchev–Trinajstić information content (AvgIpc) is 2.73. The van der Waals surface area contributed by atoms with Gasteiger partial charge in [0, 0.05) is 36.8 Å². The van der Waals surface area contributed by atoms with Crippen LogP contribution in [0.15, 0.2) is 58.3 Å². The van der Waals surface area contributed by atoms with E-state index in [9.17, 15) is 17.6 Å². The van der Waals surface area contributed by atoms with Crippen molar-refractivity contribution in [1.82, 2.24) is 9.21 Å². The van der Waals surface area contributed by atoms with E-state index in [0.717, 1.165) is 16.6 Å². The van der Waals surface area contributed by atoms with Crippen LogP contribution < -0.4 is 5.32 Å². The van der Waals surface area contributed by atoms with Gasteiger partial charge in [-0.3, -0.25) is 9.69 Å². The predicted octanol–water partition coefficient (Wildman–Crippen LogP) is 2.88. The number of benzene rings is 2. The molecule has 6 nitrogen and oxygen atoms in total. The van der Waals surface area contributed by atoms with Crippen molar-refractivity contribution < 1.29 is 17.6 Å². The Balaban J connectivity index is 1.61. The van der Waals surface area contributed by atoms with E-state index >= 15 is 0 Å². The number of thioether (sulfide) groups is 1. The molecule has 2 aromatic rings. The minimum Gasteiger partial charge on any atom is -0.325 e. The Hall–Kier alpha value is -1.94. The predicted molar refractivity (Wildman–Crippen MR) is 113 cm³/mol. The fourth-order valence-electron chi connectivity index (χ4n) is 3.24. The molecule has 1 fully saturated rings. The Morgan fingerprint density at radius 1 is 1.10 bits per heavy atom. The van der Waals surface area contributed by atoms with Crippen LogP contribution in [0.2, 0.25) is 0 Å². The van der Waals surface area contributed by atoms with Gasteiger partial charge in [0.05, 0.1) is 6.04 Å². The minimum absolute atomic E-state index is 0.145. The van der Waals surface area contributed by atoms with Gasteiger partial charge in [0.2, 0.25) is 15.9 Å². The van der Waals surface area contributed by atoms with Gasteiger partial charge < -0.3 is 5.32 Å². The van der Waals surface area contributed by atoms with Gasteiger partial charge in [0.1, 0.15) is 10.7 Å². The van der Waals surface area contributed by atoms with Crippen molar-refractivity contribution in [1.29, 1.82) is 0 Å². The monoisotopic (exact) mass is 437 g/mol. The first kappa shape index (κ1) is 21.8. The van der Waals surface area contributed by atoms with Crippen LogP contribution in [0.4, 0.5) is 10.1 Å². The van der Waals surface area contributed by atoms with E-state index in [1.807, 2.05) is 35.4 Å². The van der Waals surface area contributed by atoms with Crippen molar-refractivity contribution in [2.75, 3.05) is 37.8 Å². The molecule has 1 atom stereocenters. The highest BCUT2D eigenvalue weighted by Crippen LogP contribution is 2.22. The lowest BCUT2D eigenvalue weighted by Crippen LogP contribution is -2.54. The highest BCUT2D eigenvalue weighted by atomic mass is 32.2. The van der Waals surface area contributed by atoms with E-state index in [0.29, 0.717) is 13.1 Å². The number of carbonyl (C=O) groups is 1. The fraction of sp³-hybridized carbons (Fsp3) is 0.350. The first-order valence-corrected chi connectivity index (χ1v) is 11.9. The topological polar surface area (TPSA) is 69.7 Å². The Kier molecular flexibility index (Phi) is 6.94. The highest BCUT2D eigenvalue weighted by molar-refractivity contribution is 7.98. The summed E-state index contributed by atoms with van der Waals surface area (Å²) in [6.07, 6.45) is 1.97. The number of hydrogen-bond acceptors (Lipinski definition) is 5. The van der Waals surface area contributed by atoms with Crippen molar-refractivity contribution in [3.8, 4) is 0 Å². The molecule has 1 amide bonds. The minimum atomic E-state index is -3.89. The smallest absolute Gasteiger partial charge is 0.246 e. The molecule has 1 heterocycles. The SMILES string of the molecule is CSc1cccc(NC(=O)C(C)N2CCN(S(=O)(=O)c3ccccc3F)CC2)c1. The van der Waals surface area contributed by atoms with Crippen molar-refractivity contribution in [3.63, 3.8) is 0 Å². The molecule has 1 aliphatic heterocycles. The second-order valence-corrected chi connectivity index (χ2v) is 9.55. The Morgan fingerprint density at radius 3 is 2.45 bits per heavy atom. The molecule has 0 spiro atoms. The lowest BCUT2D eigenvalue weighted by molar-refractivity contribution is -0.121. The number of hydrogen-bond donors (Lipinski definition) is 1. The summed E-state index contributed by atoms with van der Waals surface area (Å²) in [6.45, 7) is 3.00. The van der Waals surface area contributed by atoms with Crippen LogP contribution in [0.25, 0.3) is 0 Å². The highest BCUT2D eigenvalue weighted by Gasteiger charge is 2.33. The largest absolute Gasteiger partial charge is 0.325 e. The molecule has 3 rings (SSSR count). The van der Waals surface area contributed by atoms with Gasteiger partial charge in [-0.2, -0.15) is 4.31 Å². The van der Waals surface area contributed by atoms with E-state index in [2.05, 4.69) is 5.32 Å². The normalized spacial score (nSPS) is 17.1. The van der Waals surface area contributed by atoms with Crippen molar-refractivity contribution in [2.24, 2.45) is 0 Å². The zero-order valence-corrected chi connectivity index (χ0v) is 18.0. The molecule has 0 aromatic heterocycles. The molecule has 29 heavy (non-hydrogen) atoms. The van der Waals surface area contributed by atoms with Gasteiger partial charge in [0.25, 0.3) is 0 Å². The van der Waals surface area contributed by atoms with E-state index in [-0.39, 0.29) is 23.9 Å². The zero-order chi connectivity index (χ0) is 21.0. The Labute approximate surface area is 175 Å². The molecule has 2 aromatic carbocycles. The number of nitrogens with one attached hydrogen (secondary N) is 1. The number of amides is 1. The zero-order valence-electron chi connectivity index (χ0n) is 16.3. The molecule has 9 heteroatoms. The molecule has 1 saturated heterocycles. The maximum absolute atomic E-state index is 13.9. The second kappa shape index (κ2) is 9.25. The summed E-state index contributed by atoms with van der Waals surface area (Å²) in [5, 5.41) is 2.91. The molecular weight excluding hydrogens is 413 g/mol. The maximum Gasteiger partial charge on any atom is 0.246 e. The van der Waals surface area contributed by atoms with Gasteiger partial charge in [-0.15, -0.1) is 11.8 Å². The number of sulfonamides is 1. The van der Waals surface area contributed by atoms with Crippen LogP contribution in [0.5, 0.6) is 0 Å². The number of rotatable bonds is 6. The lowest BCUT2D eigenvalue weighted by atomic mass is 10.2.